The topological polar surface area (TPSA) is 52.1 Å². The lowest BCUT2D eigenvalue weighted by Gasteiger charge is -2.40. The monoisotopic (exact) mass is 375 g/mol. The van der Waals surface area contributed by atoms with Crippen molar-refractivity contribution in [1.29, 1.82) is 0 Å². The molecule has 2 N–H and O–H groups in total. The van der Waals surface area contributed by atoms with Crippen molar-refractivity contribution in [1.82, 2.24) is 20.4 Å². The summed E-state index contributed by atoms with van der Waals surface area (Å²) in [6, 6.07) is 11.3. The van der Waals surface area contributed by atoms with E-state index in [1.807, 2.05) is 0 Å². The molecule has 1 heterocycles. The van der Waals surface area contributed by atoms with Gasteiger partial charge in [-0.1, -0.05) is 30.3 Å². The molecule has 1 aromatic carbocycles. The van der Waals surface area contributed by atoms with Crippen LogP contribution >= 0.6 is 0 Å². The van der Waals surface area contributed by atoms with Gasteiger partial charge in [0.25, 0.3) is 0 Å². The first-order chi connectivity index (χ1) is 12.9. The minimum atomic E-state index is -0.208. The molecule has 0 saturated carbocycles. The van der Waals surface area contributed by atoms with Crippen molar-refractivity contribution in [2.75, 3.05) is 60.5 Å². The Kier molecular flexibility index (Phi) is 8.54. The third-order valence-corrected chi connectivity index (χ3v) is 5.25. The number of aliphatic imine (C=N–C) groups is 1. The summed E-state index contributed by atoms with van der Waals surface area (Å²) < 4.78 is 5.44. The van der Waals surface area contributed by atoms with Crippen LogP contribution in [-0.2, 0) is 4.74 Å². The number of rotatable bonds is 8. The third-order valence-electron chi connectivity index (χ3n) is 5.25. The van der Waals surface area contributed by atoms with Crippen molar-refractivity contribution >= 4 is 5.96 Å². The van der Waals surface area contributed by atoms with E-state index in [-0.39, 0.29) is 5.60 Å². The molecular weight excluding hydrogens is 338 g/mol. The lowest BCUT2D eigenvalue weighted by molar-refractivity contribution is 0.0268. The first-order valence-corrected chi connectivity index (χ1v) is 9.92. The summed E-state index contributed by atoms with van der Waals surface area (Å²) in [5.41, 5.74) is 1.21. The van der Waals surface area contributed by atoms with Gasteiger partial charge in [-0.2, -0.15) is 0 Å². The number of methoxy groups -OCH3 is 1. The van der Waals surface area contributed by atoms with Gasteiger partial charge in [0, 0.05) is 59.5 Å². The van der Waals surface area contributed by atoms with Gasteiger partial charge in [0.1, 0.15) is 0 Å². The average Bonchev–Trinajstić information content (AvgIpc) is 2.69. The Morgan fingerprint density at radius 1 is 1.22 bits per heavy atom. The van der Waals surface area contributed by atoms with Crippen LogP contribution in [-0.4, -0.2) is 81.8 Å². The molecule has 0 amide bonds. The molecule has 1 atom stereocenters. The SMILES string of the molecule is CN=C(NCCCN1CCN(C)CC1c1ccccc1)NCC(C)(C)OC. The Balaban J connectivity index is 1.79. The fourth-order valence-corrected chi connectivity index (χ4v) is 3.29. The molecule has 1 saturated heterocycles. The van der Waals surface area contributed by atoms with Gasteiger partial charge in [-0.3, -0.25) is 9.89 Å². The van der Waals surface area contributed by atoms with Gasteiger partial charge in [-0.25, -0.2) is 0 Å². The van der Waals surface area contributed by atoms with Crippen LogP contribution in [0.3, 0.4) is 0 Å². The van der Waals surface area contributed by atoms with E-state index < -0.39 is 0 Å². The first-order valence-electron chi connectivity index (χ1n) is 9.92. The third kappa shape index (κ3) is 7.13. The summed E-state index contributed by atoms with van der Waals surface area (Å²) in [5.74, 6) is 0.832. The maximum Gasteiger partial charge on any atom is 0.191 e. The number of hydrogen-bond donors (Lipinski definition) is 2. The highest BCUT2D eigenvalue weighted by Crippen LogP contribution is 2.24. The standard InChI is InChI=1S/C21H37N5O/c1-21(2,27-5)17-24-20(22-3)23-12-9-13-26-15-14-25(4)16-19(26)18-10-7-6-8-11-18/h6-8,10-11,19H,9,12-17H2,1-5H3,(H2,22,23,24). The molecule has 2 rings (SSSR count). The van der Waals surface area contributed by atoms with Crippen LogP contribution in [0, 0.1) is 0 Å². The number of likely N-dealkylation sites (N-methyl/N-ethyl adjacent to an activating group) is 1. The molecule has 1 fully saturated rings. The zero-order valence-corrected chi connectivity index (χ0v) is 17.7. The molecule has 1 aliphatic heterocycles. The van der Waals surface area contributed by atoms with Crippen LogP contribution in [0.4, 0.5) is 0 Å². The summed E-state index contributed by atoms with van der Waals surface area (Å²) >= 11 is 0. The summed E-state index contributed by atoms with van der Waals surface area (Å²) in [6.07, 6.45) is 1.08. The van der Waals surface area contributed by atoms with Crippen molar-refractivity contribution in [2.45, 2.75) is 31.9 Å². The minimum absolute atomic E-state index is 0.208. The van der Waals surface area contributed by atoms with E-state index in [1.54, 1.807) is 14.2 Å². The maximum atomic E-state index is 5.44. The van der Waals surface area contributed by atoms with Crippen molar-refractivity contribution in [3.05, 3.63) is 35.9 Å². The smallest absolute Gasteiger partial charge is 0.191 e. The number of nitrogens with one attached hydrogen (secondary N) is 2. The van der Waals surface area contributed by atoms with Gasteiger partial charge >= 0.3 is 0 Å². The zero-order valence-electron chi connectivity index (χ0n) is 17.7. The molecular formula is C21H37N5O. The fraction of sp³-hybridized carbons (Fsp3) is 0.667. The second-order valence-electron chi connectivity index (χ2n) is 7.89. The Labute approximate surface area is 165 Å². The zero-order chi connectivity index (χ0) is 19.7. The van der Waals surface area contributed by atoms with E-state index in [1.165, 1.54) is 5.56 Å². The second-order valence-corrected chi connectivity index (χ2v) is 7.89. The molecule has 0 spiro atoms. The number of nitrogens with zero attached hydrogens (tertiary/aromatic N) is 3. The van der Waals surface area contributed by atoms with Crippen LogP contribution in [0.2, 0.25) is 0 Å². The van der Waals surface area contributed by atoms with E-state index >= 15 is 0 Å². The minimum Gasteiger partial charge on any atom is -0.377 e. The van der Waals surface area contributed by atoms with E-state index in [2.05, 4.69) is 76.7 Å². The van der Waals surface area contributed by atoms with Gasteiger partial charge < -0.3 is 20.3 Å². The first kappa shape index (κ1) is 21.7. The molecule has 6 nitrogen and oxygen atoms in total. The van der Waals surface area contributed by atoms with E-state index in [9.17, 15) is 0 Å². The molecule has 1 aliphatic rings. The van der Waals surface area contributed by atoms with Crippen LogP contribution in [0.5, 0.6) is 0 Å². The normalized spacial score (nSPS) is 19.9. The molecule has 1 unspecified atom stereocenters. The van der Waals surface area contributed by atoms with E-state index in [0.717, 1.165) is 51.6 Å². The average molecular weight is 376 g/mol. The maximum absolute atomic E-state index is 5.44. The summed E-state index contributed by atoms with van der Waals surface area (Å²) in [4.78, 5) is 9.34. The highest BCUT2D eigenvalue weighted by Gasteiger charge is 2.25. The van der Waals surface area contributed by atoms with Gasteiger partial charge in [0.2, 0.25) is 0 Å². The fourth-order valence-electron chi connectivity index (χ4n) is 3.29. The molecule has 27 heavy (non-hydrogen) atoms. The van der Waals surface area contributed by atoms with Crippen molar-refractivity contribution in [3.8, 4) is 0 Å². The van der Waals surface area contributed by atoms with Gasteiger partial charge in [-0.05, 0) is 32.9 Å². The van der Waals surface area contributed by atoms with Gasteiger partial charge in [-0.15, -0.1) is 0 Å². The van der Waals surface area contributed by atoms with Crippen LogP contribution in [0.1, 0.15) is 31.9 Å². The predicted molar refractivity (Wildman–Crippen MR) is 113 cm³/mol. The number of benzene rings is 1. The molecule has 0 aromatic heterocycles. The van der Waals surface area contributed by atoms with Gasteiger partial charge in [0.05, 0.1) is 5.60 Å². The Morgan fingerprint density at radius 3 is 2.63 bits per heavy atom. The number of piperazine rings is 1. The predicted octanol–water partition coefficient (Wildman–Crippen LogP) is 1.96. The number of guanidine groups is 1. The molecule has 0 bridgehead atoms. The highest BCUT2D eigenvalue weighted by molar-refractivity contribution is 5.79. The second kappa shape index (κ2) is 10.6. The Morgan fingerprint density at radius 2 is 1.96 bits per heavy atom. The lowest BCUT2D eigenvalue weighted by Crippen LogP contribution is -2.48. The Bertz CT molecular complexity index is 575. The van der Waals surface area contributed by atoms with Crippen molar-refractivity contribution in [3.63, 3.8) is 0 Å². The van der Waals surface area contributed by atoms with Crippen LogP contribution in [0.25, 0.3) is 0 Å². The van der Waals surface area contributed by atoms with E-state index in [0.29, 0.717) is 6.04 Å². The van der Waals surface area contributed by atoms with Crippen LogP contribution in [0.15, 0.2) is 35.3 Å². The number of ether oxygens (including phenoxy) is 1. The van der Waals surface area contributed by atoms with E-state index in [4.69, 9.17) is 4.74 Å². The summed E-state index contributed by atoms with van der Waals surface area (Å²) in [6.45, 7) is 10.2. The largest absolute Gasteiger partial charge is 0.377 e. The van der Waals surface area contributed by atoms with Crippen molar-refractivity contribution < 1.29 is 4.74 Å². The molecule has 152 valence electrons. The molecule has 0 radical (unpaired) electrons. The van der Waals surface area contributed by atoms with Crippen molar-refractivity contribution in [2.24, 2.45) is 4.99 Å². The quantitative estimate of drug-likeness (QED) is 0.413. The highest BCUT2D eigenvalue weighted by atomic mass is 16.5. The molecule has 6 heteroatoms. The molecule has 1 aromatic rings. The van der Waals surface area contributed by atoms with Crippen LogP contribution < -0.4 is 10.6 Å². The number of hydrogen-bond acceptors (Lipinski definition) is 4. The summed E-state index contributed by atoms with van der Waals surface area (Å²) in [5, 5.41) is 6.75. The summed E-state index contributed by atoms with van der Waals surface area (Å²) in [7, 11) is 5.75. The molecule has 0 aliphatic carbocycles. The van der Waals surface area contributed by atoms with Gasteiger partial charge in [0.15, 0.2) is 5.96 Å². The lowest BCUT2D eigenvalue weighted by atomic mass is 10.0. The Hall–Kier alpha value is -1.63.